The first kappa shape index (κ1) is 18.5. The van der Waals surface area contributed by atoms with Gasteiger partial charge in [0, 0.05) is 32.6 Å². The number of imidazole rings is 1. The van der Waals surface area contributed by atoms with Crippen LogP contribution in [0.15, 0.2) is 36.7 Å². The summed E-state index contributed by atoms with van der Waals surface area (Å²) in [5.41, 5.74) is 1.09. The molecule has 2 aromatic rings. The molecule has 0 bridgehead atoms. The van der Waals surface area contributed by atoms with Crippen LogP contribution in [0.3, 0.4) is 0 Å². The molecule has 140 valence electrons. The number of benzene rings is 1. The molecule has 3 rings (SSSR count). The molecule has 0 radical (unpaired) electrons. The Bertz CT molecular complexity index is 743. The molecule has 0 unspecified atom stereocenters. The van der Waals surface area contributed by atoms with Crippen LogP contribution in [-0.2, 0) is 16.1 Å². The van der Waals surface area contributed by atoms with Crippen LogP contribution in [0.25, 0.3) is 0 Å². The minimum absolute atomic E-state index is 0.0894. The molecule has 2 atom stereocenters. The van der Waals surface area contributed by atoms with Crippen molar-refractivity contribution >= 4 is 5.91 Å². The van der Waals surface area contributed by atoms with E-state index in [2.05, 4.69) is 11.9 Å². The maximum atomic E-state index is 12.9. The molecular weight excluding hydrogens is 330 g/mol. The molecule has 1 aromatic carbocycles. The molecule has 1 aliphatic heterocycles. The van der Waals surface area contributed by atoms with Gasteiger partial charge in [0.2, 0.25) is 5.91 Å². The fourth-order valence-electron chi connectivity index (χ4n) is 3.35. The molecule has 1 aliphatic rings. The van der Waals surface area contributed by atoms with E-state index in [1.807, 2.05) is 49.0 Å². The van der Waals surface area contributed by atoms with Gasteiger partial charge in [-0.15, -0.1) is 0 Å². The van der Waals surface area contributed by atoms with E-state index in [9.17, 15) is 4.79 Å². The number of ether oxygens (including phenoxy) is 2. The van der Waals surface area contributed by atoms with E-state index in [0.29, 0.717) is 19.8 Å². The molecule has 1 fully saturated rings. The van der Waals surface area contributed by atoms with Crippen molar-refractivity contribution in [1.29, 1.82) is 0 Å². The molecule has 0 N–H and O–H groups in total. The minimum Gasteiger partial charge on any atom is -0.491 e. The number of hydrogen-bond acceptors (Lipinski definition) is 4. The van der Waals surface area contributed by atoms with Gasteiger partial charge in [-0.1, -0.05) is 18.2 Å². The Labute approximate surface area is 154 Å². The second-order valence-corrected chi connectivity index (χ2v) is 6.63. The number of aromatic nitrogens is 2. The molecule has 1 saturated heterocycles. The van der Waals surface area contributed by atoms with Crippen molar-refractivity contribution in [2.45, 2.75) is 32.9 Å². The average Bonchev–Trinajstić information content (AvgIpc) is 3.30. The van der Waals surface area contributed by atoms with Crippen LogP contribution in [0.2, 0.25) is 0 Å². The molecule has 1 amide bonds. The number of carbonyl (C=O) groups is 1. The van der Waals surface area contributed by atoms with E-state index in [0.717, 1.165) is 30.1 Å². The van der Waals surface area contributed by atoms with Gasteiger partial charge in [0.25, 0.3) is 0 Å². The number of hydrogen-bond donors (Lipinski definition) is 0. The summed E-state index contributed by atoms with van der Waals surface area (Å²) in [4.78, 5) is 19.1. The topological polar surface area (TPSA) is 56.6 Å². The summed E-state index contributed by atoms with van der Waals surface area (Å²) in [6.45, 7) is 6.49. The van der Waals surface area contributed by atoms with E-state index in [4.69, 9.17) is 9.47 Å². The van der Waals surface area contributed by atoms with Crippen molar-refractivity contribution in [2.24, 2.45) is 5.92 Å². The minimum atomic E-state index is -0.266. The van der Waals surface area contributed by atoms with Crippen LogP contribution < -0.4 is 4.74 Å². The molecule has 0 saturated carbocycles. The first-order valence-electron chi connectivity index (χ1n) is 9.17. The molecule has 0 aliphatic carbocycles. The lowest BCUT2D eigenvalue weighted by Crippen LogP contribution is -2.37. The smallest absolute Gasteiger partial charge is 0.228 e. The third-order valence-electron chi connectivity index (χ3n) is 4.91. The van der Waals surface area contributed by atoms with E-state index in [-0.39, 0.29) is 17.9 Å². The first-order valence-corrected chi connectivity index (χ1v) is 9.17. The van der Waals surface area contributed by atoms with Crippen molar-refractivity contribution in [2.75, 3.05) is 26.8 Å². The van der Waals surface area contributed by atoms with Crippen LogP contribution in [-0.4, -0.2) is 47.2 Å². The maximum Gasteiger partial charge on any atom is 0.228 e. The van der Waals surface area contributed by atoms with E-state index >= 15 is 0 Å². The molecule has 6 nitrogen and oxygen atoms in total. The Morgan fingerprint density at radius 3 is 3.00 bits per heavy atom. The van der Waals surface area contributed by atoms with Gasteiger partial charge in [-0.25, -0.2) is 4.98 Å². The van der Waals surface area contributed by atoms with Gasteiger partial charge < -0.3 is 18.9 Å². The highest BCUT2D eigenvalue weighted by atomic mass is 16.5. The van der Waals surface area contributed by atoms with Crippen molar-refractivity contribution < 1.29 is 14.3 Å². The van der Waals surface area contributed by atoms with Gasteiger partial charge in [-0.2, -0.15) is 0 Å². The molecule has 6 heteroatoms. The van der Waals surface area contributed by atoms with E-state index in [1.54, 1.807) is 11.1 Å². The fourth-order valence-corrected chi connectivity index (χ4v) is 3.35. The van der Waals surface area contributed by atoms with Gasteiger partial charge in [0.15, 0.2) is 0 Å². The highest BCUT2D eigenvalue weighted by Crippen LogP contribution is 2.34. The van der Waals surface area contributed by atoms with Gasteiger partial charge in [0.1, 0.15) is 24.3 Å². The predicted octanol–water partition coefficient (Wildman–Crippen LogP) is 2.83. The number of aryl methyl sites for hydroxylation is 2. The number of amides is 1. The Kier molecular flexibility index (Phi) is 5.93. The van der Waals surface area contributed by atoms with Gasteiger partial charge in [-0.05, 0) is 31.9 Å². The average molecular weight is 357 g/mol. The van der Waals surface area contributed by atoms with Gasteiger partial charge in [0.05, 0.1) is 12.5 Å². The first-order chi connectivity index (χ1) is 12.6. The summed E-state index contributed by atoms with van der Waals surface area (Å²) in [5, 5.41) is 0. The second-order valence-electron chi connectivity index (χ2n) is 6.63. The van der Waals surface area contributed by atoms with Crippen LogP contribution >= 0.6 is 0 Å². The molecule has 26 heavy (non-hydrogen) atoms. The maximum absolute atomic E-state index is 12.9. The van der Waals surface area contributed by atoms with Gasteiger partial charge in [-0.3, -0.25) is 4.79 Å². The van der Waals surface area contributed by atoms with Crippen molar-refractivity contribution in [3.63, 3.8) is 0 Å². The zero-order valence-electron chi connectivity index (χ0n) is 15.7. The second kappa shape index (κ2) is 8.36. The van der Waals surface area contributed by atoms with Crippen LogP contribution in [0.5, 0.6) is 5.75 Å². The van der Waals surface area contributed by atoms with Crippen molar-refractivity contribution in [3.8, 4) is 5.75 Å². The normalized spacial score (nSPS) is 19.5. The number of carbonyl (C=O) groups excluding carboxylic acids is 1. The van der Waals surface area contributed by atoms with Crippen LogP contribution in [0, 0.1) is 12.8 Å². The predicted molar refractivity (Wildman–Crippen MR) is 99.0 cm³/mol. The van der Waals surface area contributed by atoms with Crippen LogP contribution in [0.4, 0.5) is 0 Å². The zero-order chi connectivity index (χ0) is 18.5. The summed E-state index contributed by atoms with van der Waals surface area (Å²) >= 11 is 0. The number of likely N-dealkylation sites (N-methyl/N-ethyl adjacent to an activating group) is 1. The lowest BCUT2D eigenvalue weighted by atomic mass is 9.99. The third kappa shape index (κ3) is 3.90. The summed E-state index contributed by atoms with van der Waals surface area (Å²) < 4.78 is 13.7. The zero-order valence-corrected chi connectivity index (χ0v) is 15.7. The monoisotopic (exact) mass is 357 g/mol. The molecule has 2 heterocycles. The quantitative estimate of drug-likeness (QED) is 0.765. The Hall–Kier alpha value is -2.34. The number of rotatable bonds is 7. The SMILES string of the molecule is CCn1ccnc1[C@@H]1OCC[C@H]1C(=O)N(C)CCOc1ccccc1C. The Balaban J connectivity index is 1.58. The Morgan fingerprint density at radius 2 is 2.23 bits per heavy atom. The molecular formula is C20H27N3O3. The molecule has 0 spiro atoms. The van der Waals surface area contributed by atoms with E-state index < -0.39 is 0 Å². The number of para-hydroxylation sites is 1. The van der Waals surface area contributed by atoms with Gasteiger partial charge >= 0.3 is 0 Å². The highest BCUT2D eigenvalue weighted by Gasteiger charge is 2.38. The summed E-state index contributed by atoms with van der Waals surface area (Å²) in [5.74, 6) is 1.60. The summed E-state index contributed by atoms with van der Waals surface area (Å²) in [7, 11) is 1.82. The summed E-state index contributed by atoms with van der Waals surface area (Å²) in [6.07, 6.45) is 4.15. The third-order valence-corrected chi connectivity index (χ3v) is 4.91. The van der Waals surface area contributed by atoms with Crippen molar-refractivity contribution in [1.82, 2.24) is 14.5 Å². The lowest BCUT2D eigenvalue weighted by Gasteiger charge is -2.24. The lowest BCUT2D eigenvalue weighted by molar-refractivity contribution is -0.136. The van der Waals surface area contributed by atoms with Crippen molar-refractivity contribution in [3.05, 3.63) is 48.0 Å². The Morgan fingerprint density at radius 1 is 1.42 bits per heavy atom. The highest BCUT2D eigenvalue weighted by molar-refractivity contribution is 5.79. The fraction of sp³-hybridized carbons (Fsp3) is 0.500. The van der Waals surface area contributed by atoms with E-state index in [1.165, 1.54) is 0 Å². The number of nitrogens with zero attached hydrogens (tertiary/aromatic N) is 3. The standard InChI is InChI=1S/C20H27N3O3/c1-4-23-11-10-21-19(23)18-16(9-13-26-18)20(24)22(3)12-14-25-17-8-6-5-7-15(17)2/h5-8,10-11,16,18H,4,9,12-14H2,1-3H3/t16-,18-/m1/s1. The van der Waals surface area contributed by atoms with Crippen LogP contribution in [0.1, 0.15) is 30.8 Å². The summed E-state index contributed by atoms with van der Waals surface area (Å²) in [6, 6.07) is 7.90. The largest absolute Gasteiger partial charge is 0.491 e. The molecule has 1 aromatic heterocycles.